The first-order valence-electron chi connectivity index (χ1n) is 9.95. The topological polar surface area (TPSA) is 89.8 Å². The van der Waals surface area contributed by atoms with E-state index >= 15 is 0 Å². The fourth-order valence-electron chi connectivity index (χ4n) is 3.76. The summed E-state index contributed by atoms with van der Waals surface area (Å²) in [6.07, 6.45) is 3.37. The second-order valence-electron chi connectivity index (χ2n) is 7.41. The summed E-state index contributed by atoms with van der Waals surface area (Å²) in [5, 5.41) is 0. The highest BCUT2D eigenvalue weighted by Crippen LogP contribution is 2.29. The lowest BCUT2D eigenvalue weighted by Crippen LogP contribution is -2.20. The average Bonchev–Trinajstić information content (AvgIpc) is 3.41. The fourth-order valence-corrected chi connectivity index (χ4v) is 3.76. The molecular formula is C24H18F2N4O2. The minimum absolute atomic E-state index is 0.0329. The summed E-state index contributed by atoms with van der Waals surface area (Å²) in [6, 6.07) is 14.4. The zero-order valence-corrected chi connectivity index (χ0v) is 16.8. The molecule has 3 N–H and O–H groups in total. The van der Waals surface area contributed by atoms with Gasteiger partial charge in [-0.3, -0.25) is 9.36 Å². The average molecular weight is 432 g/mol. The molecule has 160 valence electrons. The second kappa shape index (κ2) is 7.81. The lowest BCUT2D eigenvalue weighted by Gasteiger charge is -2.15. The standard InChI is InChI=1S/C24H18F2N4O2/c25-17-8-2-1-5-14(17)11-19-23-29-20(12-15-6-4-10-32-15)24(31)30(23)21(13-28-19)16-7-3-9-18(27)22(16)26/h1-10,13,28H,11-12,27H2. The van der Waals surface area contributed by atoms with Crippen molar-refractivity contribution in [1.29, 1.82) is 0 Å². The zero-order chi connectivity index (χ0) is 22.2. The predicted octanol–water partition coefficient (Wildman–Crippen LogP) is 4.30. The number of fused-ring (bicyclic) bond motifs is 1. The lowest BCUT2D eigenvalue weighted by atomic mass is 10.1. The molecule has 0 spiro atoms. The Labute approximate surface area is 181 Å². The molecule has 0 atom stereocenters. The Morgan fingerprint density at radius 1 is 1.03 bits per heavy atom. The second-order valence-corrected chi connectivity index (χ2v) is 7.41. The summed E-state index contributed by atoms with van der Waals surface area (Å²) < 4.78 is 35.8. The molecule has 2 aromatic carbocycles. The number of hydrogen-bond acceptors (Lipinski definition) is 4. The number of halogens is 2. The van der Waals surface area contributed by atoms with Crippen LogP contribution in [-0.2, 0) is 12.8 Å². The van der Waals surface area contributed by atoms with Crippen LogP contribution in [0.5, 0.6) is 0 Å². The molecule has 2 aliphatic heterocycles. The van der Waals surface area contributed by atoms with Gasteiger partial charge in [0.2, 0.25) is 0 Å². The first kappa shape index (κ1) is 19.7. The van der Waals surface area contributed by atoms with E-state index < -0.39 is 11.4 Å². The van der Waals surface area contributed by atoms with Crippen LogP contribution in [-0.4, -0.2) is 14.5 Å². The van der Waals surface area contributed by atoms with Gasteiger partial charge in [-0.2, -0.15) is 0 Å². The van der Waals surface area contributed by atoms with Crippen LogP contribution in [0.15, 0.2) is 76.3 Å². The van der Waals surface area contributed by atoms with E-state index in [9.17, 15) is 13.6 Å². The monoisotopic (exact) mass is 432 g/mol. The third-order valence-corrected chi connectivity index (χ3v) is 5.35. The number of nitrogens with zero attached hydrogens (tertiary/aromatic N) is 2. The maximum atomic E-state index is 14.8. The maximum Gasteiger partial charge on any atom is 0.279 e. The summed E-state index contributed by atoms with van der Waals surface area (Å²) in [7, 11) is 0. The Morgan fingerprint density at radius 2 is 1.88 bits per heavy atom. The molecule has 0 aliphatic carbocycles. The molecule has 3 heterocycles. The predicted molar refractivity (Wildman–Crippen MR) is 116 cm³/mol. The van der Waals surface area contributed by atoms with Gasteiger partial charge < -0.3 is 15.1 Å². The van der Waals surface area contributed by atoms with Crippen molar-refractivity contribution in [2.24, 2.45) is 0 Å². The number of rotatable bonds is 5. The number of anilines is 1. The number of benzene rings is 2. The Kier molecular flexibility index (Phi) is 4.82. The van der Waals surface area contributed by atoms with E-state index in [0.29, 0.717) is 22.8 Å². The van der Waals surface area contributed by atoms with E-state index in [4.69, 9.17) is 10.2 Å². The first-order chi connectivity index (χ1) is 15.5. The first-order valence-corrected chi connectivity index (χ1v) is 9.95. The minimum atomic E-state index is -0.635. The van der Waals surface area contributed by atoms with E-state index in [-0.39, 0.29) is 41.3 Å². The van der Waals surface area contributed by atoms with Crippen molar-refractivity contribution in [3.63, 3.8) is 0 Å². The van der Waals surface area contributed by atoms with Crippen molar-refractivity contribution >= 4 is 5.69 Å². The Hall–Kier alpha value is -4.20. The quantitative estimate of drug-likeness (QED) is 0.405. The number of H-pyrrole nitrogens is 1. The van der Waals surface area contributed by atoms with Gasteiger partial charge in [0.1, 0.15) is 17.3 Å². The number of nitrogens with two attached hydrogens (primary N) is 1. The molecule has 2 aliphatic rings. The normalized spacial score (nSPS) is 11.3. The molecule has 5 rings (SSSR count). The van der Waals surface area contributed by atoms with E-state index in [0.717, 1.165) is 0 Å². The smallest absolute Gasteiger partial charge is 0.279 e. The largest absolute Gasteiger partial charge is 0.469 e. The van der Waals surface area contributed by atoms with Crippen molar-refractivity contribution in [3.05, 3.63) is 112 Å². The third-order valence-electron chi connectivity index (χ3n) is 5.35. The van der Waals surface area contributed by atoms with Gasteiger partial charge in [0.25, 0.3) is 5.56 Å². The van der Waals surface area contributed by atoms with Crippen molar-refractivity contribution < 1.29 is 13.2 Å². The molecular weight excluding hydrogens is 414 g/mol. The summed E-state index contributed by atoms with van der Waals surface area (Å²) in [6.45, 7) is 0. The van der Waals surface area contributed by atoms with Crippen LogP contribution in [0.2, 0.25) is 0 Å². The molecule has 6 nitrogen and oxygen atoms in total. The molecule has 0 fully saturated rings. The van der Waals surface area contributed by atoms with Crippen molar-refractivity contribution in [2.75, 3.05) is 5.73 Å². The molecule has 0 bridgehead atoms. The summed E-state index contributed by atoms with van der Waals surface area (Å²) in [4.78, 5) is 20.9. The molecule has 32 heavy (non-hydrogen) atoms. The molecule has 8 heteroatoms. The van der Waals surface area contributed by atoms with Crippen LogP contribution >= 0.6 is 0 Å². The Morgan fingerprint density at radius 3 is 2.66 bits per heavy atom. The van der Waals surface area contributed by atoms with Crippen LogP contribution in [0.25, 0.3) is 17.1 Å². The molecule has 1 aromatic heterocycles. The number of aromatic nitrogens is 3. The van der Waals surface area contributed by atoms with Crippen molar-refractivity contribution in [1.82, 2.24) is 14.5 Å². The van der Waals surface area contributed by atoms with Crippen LogP contribution < -0.4 is 11.3 Å². The summed E-state index contributed by atoms with van der Waals surface area (Å²) >= 11 is 0. The molecule has 3 aromatic rings. The molecule has 0 unspecified atom stereocenters. The van der Waals surface area contributed by atoms with Crippen LogP contribution in [0.4, 0.5) is 14.5 Å². The Bertz CT molecular complexity index is 1440. The summed E-state index contributed by atoms with van der Waals surface area (Å²) in [5.74, 6) is -0.139. The van der Waals surface area contributed by atoms with E-state index in [1.807, 2.05) is 0 Å². The highest BCUT2D eigenvalue weighted by atomic mass is 19.1. The van der Waals surface area contributed by atoms with Crippen LogP contribution in [0, 0.1) is 11.6 Å². The van der Waals surface area contributed by atoms with Gasteiger partial charge in [-0.05, 0) is 35.9 Å². The van der Waals surface area contributed by atoms with Gasteiger partial charge in [-0.15, -0.1) is 0 Å². The number of furan rings is 1. The SMILES string of the molecule is Nc1cccc(-c2c[nH]c(Cc3ccccc3F)c3nc(Cc4ccco4)c(=O)n2-3)c1F. The highest BCUT2D eigenvalue weighted by molar-refractivity contribution is 5.67. The number of imidazole rings is 1. The fraction of sp³-hybridized carbons (Fsp3) is 0.0833. The third kappa shape index (κ3) is 3.35. The maximum absolute atomic E-state index is 14.8. The van der Waals surface area contributed by atoms with Gasteiger partial charge >= 0.3 is 0 Å². The molecule has 0 saturated heterocycles. The lowest BCUT2D eigenvalue weighted by molar-refractivity contribution is 0.519. The van der Waals surface area contributed by atoms with Crippen LogP contribution in [0.1, 0.15) is 22.7 Å². The number of nitrogen functional groups attached to an aromatic ring is 1. The van der Waals surface area contributed by atoms with Crippen molar-refractivity contribution in [2.45, 2.75) is 12.8 Å². The van der Waals surface area contributed by atoms with Gasteiger partial charge in [0.05, 0.1) is 29.8 Å². The van der Waals surface area contributed by atoms with E-state index in [2.05, 4.69) is 9.97 Å². The van der Waals surface area contributed by atoms with Gasteiger partial charge in [0.15, 0.2) is 11.6 Å². The minimum Gasteiger partial charge on any atom is -0.469 e. The van der Waals surface area contributed by atoms with Crippen molar-refractivity contribution in [3.8, 4) is 17.1 Å². The summed E-state index contributed by atoms with van der Waals surface area (Å²) in [5.41, 5.74) is 6.92. The molecule has 0 saturated carbocycles. The van der Waals surface area contributed by atoms with Gasteiger partial charge in [0, 0.05) is 18.2 Å². The number of nitrogens with one attached hydrogen (secondary N) is 1. The van der Waals surface area contributed by atoms with Gasteiger partial charge in [-0.1, -0.05) is 24.3 Å². The van der Waals surface area contributed by atoms with E-state index in [1.54, 1.807) is 36.4 Å². The number of aromatic amines is 1. The van der Waals surface area contributed by atoms with Gasteiger partial charge in [-0.25, -0.2) is 13.8 Å². The Balaban J connectivity index is 1.71. The highest BCUT2D eigenvalue weighted by Gasteiger charge is 2.25. The van der Waals surface area contributed by atoms with Crippen LogP contribution in [0.3, 0.4) is 0 Å². The molecule has 0 amide bonds. The number of hydrogen-bond donors (Lipinski definition) is 2. The van der Waals surface area contributed by atoms with E-state index in [1.165, 1.54) is 35.2 Å². The zero-order valence-electron chi connectivity index (χ0n) is 16.8. The molecule has 0 radical (unpaired) electrons.